The zero-order valence-corrected chi connectivity index (χ0v) is 11.5. The van der Waals surface area contributed by atoms with Crippen molar-refractivity contribution < 1.29 is 4.79 Å². The number of carbonyl (C=O) groups is 1. The molecule has 5 heteroatoms. The SMILES string of the molecule is Cc1nc2ccc(C(=O)Nc3ccc(Cl)cc3)cc2[nH]1. The minimum Gasteiger partial charge on any atom is -0.342 e. The molecule has 0 spiro atoms. The highest BCUT2D eigenvalue weighted by Crippen LogP contribution is 2.17. The highest BCUT2D eigenvalue weighted by molar-refractivity contribution is 6.30. The van der Waals surface area contributed by atoms with Gasteiger partial charge in [-0.25, -0.2) is 4.98 Å². The largest absolute Gasteiger partial charge is 0.342 e. The maximum absolute atomic E-state index is 12.2. The molecule has 0 bridgehead atoms. The van der Waals surface area contributed by atoms with Crippen molar-refractivity contribution in [3.05, 3.63) is 58.9 Å². The van der Waals surface area contributed by atoms with Crippen LogP contribution in [0, 0.1) is 6.92 Å². The molecule has 0 aliphatic rings. The Kier molecular flexibility index (Phi) is 3.16. The average molecular weight is 286 g/mol. The van der Waals surface area contributed by atoms with Crippen molar-refractivity contribution >= 4 is 34.2 Å². The summed E-state index contributed by atoms with van der Waals surface area (Å²) in [5.74, 6) is 0.664. The number of hydrogen-bond donors (Lipinski definition) is 2. The fraction of sp³-hybridized carbons (Fsp3) is 0.0667. The van der Waals surface area contributed by atoms with Crippen LogP contribution in [0.25, 0.3) is 11.0 Å². The van der Waals surface area contributed by atoms with Gasteiger partial charge in [0.2, 0.25) is 0 Å². The van der Waals surface area contributed by atoms with Crippen molar-refractivity contribution in [2.45, 2.75) is 6.92 Å². The lowest BCUT2D eigenvalue weighted by Gasteiger charge is -2.05. The Hall–Kier alpha value is -2.33. The van der Waals surface area contributed by atoms with Crippen LogP contribution in [-0.2, 0) is 0 Å². The first-order valence-corrected chi connectivity index (χ1v) is 6.53. The molecule has 4 nitrogen and oxygen atoms in total. The lowest BCUT2D eigenvalue weighted by molar-refractivity contribution is 0.102. The smallest absolute Gasteiger partial charge is 0.255 e. The summed E-state index contributed by atoms with van der Waals surface area (Å²) in [5, 5.41) is 3.46. The number of nitrogens with zero attached hydrogens (tertiary/aromatic N) is 1. The number of benzene rings is 2. The van der Waals surface area contributed by atoms with E-state index in [-0.39, 0.29) is 5.91 Å². The Balaban J connectivity index is 1.86. The second-order valence-electron chi connectivity index (χ2n) is 4.52. The molecular weight excluding hydrogens is 274 g/mol. The van der Waals surface area contributed by atoms with E-state index in [0.29, 0.717) is 16.3 Å². The summed E-state index contributed by atoms with van der Waals surface area (Å²) in [6, 6.07) is 12.4. The Morgan fingerprint density at radius 2 is 1.95 bits per heavy atom. The highest BCUT2D eigenvalue weighted by atomic mass is 35.5. The van der Waals surface area contributed by atoms with E-state index in [4.69, 9.17) is 11.6 Å². The predicted molar refractivity (Wildman–Crippen MR) is 80.2 cm³/mol. The van der Waals surface area contributed by atoms with Crippen LogP contribution in [0.15, 0.2) is 42.5 Å². The van der Waals surface area contributed by atoms with Gasteiger partial charge >= 0.3 is 0 Å². The normalized spacial score (nSPS) is 10.7. The van der Waals surface area contributed by atoms with Crippen LogP contribution in [-0.4, -0.2) is 15.9 Å². The molecule has 0 radical (unpaired) electrons. The minimum absolute atomic E-state index is 0.165. The number of imidazole rings is 1. The second kappa shape index (κ2) is 4.98. The molecule has 20 heavy (non-hydrogen) atoms. The first-order chi connectivity index (χ1) is 9.61. The number of nitrogens with one attached hydrogen (secondary N) is 2. The van der Waals surface area contributed by atoms with Gasteiger partial charge < -0.3 is 10.3 Å². The molecule has 1 amide bonds. The Morgan fingerprint density at radius 1 is 1.20 bits per heavy atom. The molecule has 2 aromatic carbocycles. The van der Waals surface area contributed by atoms with Gasteiger partial charge in [0.05, 0.1) is 11.0 Å². The maximum Gasteiger partial charge on any atom is 0.255 e. The van der Waals surface area contributed by atoms with E-state index in [1.165, 1.54) is 0 Å². The van der Waals surface area contributed by atoms with Crippen LogP contribution in [0.4, 0.5) is 5.69 Å². The highest BCUT2D eigenvalue weighted by Gasteiger charge is 2.08. The van der Waals surface area contributed by atoms with E-state index < -0.39 is 0 Å². The van der Waals surface area contributed by atoms with E-state index in [2.05, 4.69) is 15.3 Å². The fourth-order valence-corrected chi connectivity index (χ4v) is 2.14. The zero-order chi connectivity index (χ0) is 14.1. The predicted octanol–water partition coefficient (Wildman–Crippen LogP) is 3.78. The van der Waals surface area contributed by atoms with Crippen LogP contribution < -0.4 is 5.32 Å². The quantitative estimate of drug-likeness (QED) is 0.753. The van der Waals surface area contributed by atoms with Gasteiger partial charge in [0.1, 0.15) is 5.82 Å². The zero-order valence-electron chi connectivity index (χ0n) is 10.8. The molecule has 3 aromatic rings. The number of aromatic amines is 1. The number of amides is 1. The molecule has 0 saturated carbocycles. The number of aromatic nitrogens is 2. The summed E-state index contributed by atoms with van der Waals surface area (Å²) in [5.41, 5.74) is 2.99. The first-order valence-electron chi connectivity index (χ1n) is 6.15. The van der Waals surface area contributed by atoms with Crippen molar-refractivity contribution in [2.75, 3.05) is 5.32 Å². The van der Waals surface area contributed by atoms with Crippen molar-refractivity contribution in [2.24, 2.45) is 0 Å². The monoisotopic (exact) mass is 285 g/mol. The number of halogens is 1. The number of carbonyl (C=O) groups excluding carboxylic acids is 1. The van der Waals surface area contributed by atoms with Gasteiger partial charge in [-0.15, -0.1) is 0 Å². The molecule has 0 aliphatic carbocycles. The van der Waals surface area contributed by atoms with Gasteiger partial charge in [0.15, 0.2) is 0 Å². The molecular formula is C15H12ClN3O. The molecule has 1 aromatic heterocycles. The number of hydrogen-bond acceptors (Lipinski definition) is 2. The number of fused-ring (bicyclic) bond motifs is 1. The number of H-pyrrole nitrogens is 1. The molecule has 3 rings (SSSR count). The van der Waals surface area contributed by atoms with Gasteiger partial charge in [-0.3, -0.25) is 4.79 Å². The molecule has 100 valence electrons. The third-order valence-electron chi connectivity index (χ3n) is 2.96. The van der Waals surface area contributed by atoms with Gasteiger partial charge in [-0.2, -0.15) is 0 Å². The van der Waals surface area contributed by atoms with Crippen LogP contribution in [0.3, 0.4) is 0 Å². The van der Waals surface area contributed by atoms with Gasteiger partial charge in [-0.1, -0.05) is 11.6 Å². The van der Waals surface area contributed by atoms with Crippen LogP contribution in [0.1, 0.15) is 16.2 Å². The summed E-state index contributed by atoms with van der Waals surface area (Å²) < 4.78 is 0. The number of rotatable bonds is 2. The molecule has 0 fully saturated rings. The fourth-order valence-electron chi connectivity index (χ4n) is 2.01. The molecule has 0 atom stereocenters. The maximum atomic E-state index is 12.2. The lowest BCUT2D eigenvalue weighted by atomic mass is 10.2. The second-order valence-corrected chi connectivity index (χ2v) is 4.95. The van der Waals surface area contributed by atoms with Crippen LogP contribution in [0.2, 0.25) is 5.02 Å². The van der Waals surface area contributed by atoms with E-state index in [1.54, 1.807) is 36.4 Å². The standard InChI is InChI=1S/C15H12ClN3O/c1-9-17-13-7-2-10(8-14(13)18-9)15(20)19-12-5-3-11(16)4-6-12/h2-8H,1H3,(H,17,18)(H,19,20). The molecule has 1 heterocycles. The van der Waals surface area contributed by atoms with Crippen LogP contribution >= 0.6 is 11.6 Å². The topological polar surface area (TPSA) is 57.8 Å². The van der Waals surface area contributed by atoms with Gasteiger partial charge in [0.25, 0.3) is 5.91 Å². The third-order valence-corrected chi connectivity index (χ3v) is 3.22. The lowest BCUT2D eigenvalue weighted by Crippen LogP contribution is -2.11. The van der Waals surface area contributed by atoms with E-state index in [9.17, 15) is 4.79 Å². The van der Waals surface area contributed by atoms with E-state index in [1.807, 2.05) is 13.0 Å². The van der Waals surface area contributed by atoms with Crippen molar-refractivity contribution in [1.29, 1.82) is 0 Å². The number of anilines is 1. The van der Waals surface area contributed by atoms with E-state index in [0.717, 1.165) is 16.9 Å². The van der Waals surface area contributed by atoms with Crippen molar-refractivity contribution in [3.8, 4) is 0 Å². The summed E-state index contributed by atoms with van der Waals surface area (Å²) in [7, 11) is 0. The summed E-state index contributed by atoms with van der Waals surface area (Å²) in [6.45, 7) is 1.88. The average Bonchev–Trinajstić information content (AvgIpc) is 2.80. The number of aryl methyl sites for hydroxylation is 1. The molecule has 0 unspecified atom stereocenters. The Bertz CT molecular complexity index is 777. The van der Waals surface area contributed by atoms with Crippen LogP contribution in [0.5, 0.6) is 0 Å². The van der Waals surface area contributed by atoms with Crippen molar-refractivity contribution in [3.63, 3.8) is 0 Å². The molecule has 0 aliphatic heterocycles. The molecule has 0 saturated heterocycles. The first kappa shape index (κ1) is 12.7. The minimum atomic E-state index is -0.165. The Labute approximate surface area is 120 Å². The summed E-state index contributed by atoms with van der Waals surface area (Å²) >= 11 is 5.81. The van der Waals surface area contributed by atoms with Crippen molar-refractivity contribution in [1.82, 2.24) is 9.97 Å². The van der Waals surface area contributed by atoms with E-state index >= 15 is 0 Å². The summed E-state index contributed by atoms with van der Waals surface area (Å²) in [4.78, 5) is 19.6. The Morgan fingerprint density at radius 3 is 2.70 bits per heavy atom. The molecule has 2 N–H and O–H groups in total. The van der Waals surface area contributed by atoms with Gasteiger partial charge in [-0.05, 0) is 49.4 Å². The summed E-state index contributed by atoms with van der Waals surface area (Å²) in [6.07, 6.45) is 0. The van der Waals surface area contributed by atoms with Gasteiger partial charge in [0, 0.05) is 16.3 Å². The third kappa shape index (κ3) is 2.51.